The number of aryl methyl sites for hydroxylation is 1. The van der Waals surface area contributed by atoms with Gasteiger partial charge in [0.05, 0.1) is 5.69 Å². The van der Waals surface area contributed by atoms with E-state index in [-0.39, 0.29) is 5.56 Å². The number of rotatable bonds is 1. The molecule has 68 valence electrons. The average Bonchev–Trinajstić information content (AvgIpc) is 2.59. The zero-order chi connectivity index (χ0) is 9.42. The third kappa shape index (κ3) is 1.04. The quantitative estimate of drug-likeness (QED) is 0.682. The minimum Gasteiger partial charge on any atom is -0.278 e. The Hall–Kier alpha value is -1.65. The number of fused-ring (bicyclic) bond motifs is 1. The smallest absolute Gasteiger partial charge is 0.277 e. The van der Waals surface area contributed by atoms with Crippen LogP contribution in [0.15, 0.2) is 11.1 Å². The number of hydrogen-bond donors (Lipinski definition) is 1. The van der Waals surface area contributed by atoms with E-state index in [0.717, 1.165) is 12.1 Å². The van der Waals surface area contributed by atoms with Crippen LogP contribution in [0.1, 0.15) is 18.2 Å². The molecule has 0 bridgehead atoms. The Morgan fingerprint density at radius 1 is 1.62 bits per heavy atom. The molecule has 0 aromatic carbocycles. The molecule has 13 heavy (non-hydrogen) atoms. The Bertz CT molecular complexity index is 496. The summed E-state index contributed by atoms with van der Waals surface area (Å²) >= 11 is 0. The minimum atomic E-state index is -0.0700. The van der Waals surface area contributed by atoms with Gasteiger partial charge in [-0.2, -0.15) is 4.52 Å². The zero-order valence-corrected chi connectivity index (χ0v) is 7.53. The van der Waals surface area contributed by atoms with E-state index in [1.54, 1.807) is 6.92 Å². The van der Waals surface area contributed by atoms with Crippen LogP contribution in [0.3, 0.4) is 0 Å². The van der Waals surface area contributed by atoms with E-state index >= 15 is 0 Å². The van der Waals surface area contributed by atoms with Gasteiger partial charge in [0.15, 0.2) is 0 Å². The van der Waals surface area contributed by atoms with Gasteiger partial charge in [0, 0.05) is 5.56 Å². The molecule has 5 heteroatoms. The molecule has 0 unspecified atom stereocenters. The van der Waals surface area contributed by atoms with Gasteiger partial charge >= 0.3 is 0 Å². The molecule has 2 aromatic heterocycles. The second-order valence-corrected chi connectivity index (χ2v) is 2.86. The summed E-state index contributed by atoms with van der Waals surface area (Å²) in [5.41, 5.74) is 1.43. The lowest BCUT2D eigenvalue weighted by Gasteiger charge is -2.00. The Kier molecular flexibility index (Phi) is 1.65. The van der Waals surface area contributed by atoms with Crippen LogP contribution in [-0.4, -0.2) is 19.6 Å². The normalized spacial score (nSPS) is 10.9. The van der Waals surface area contributed by atoms with E-state index in [4.69, 9.17) is 0 Å². The van der Waals surface area contributed by atoms with Crippen molar-refractivity contribution in [3.05, 3.63) is 27.9 Å². The molecular formula is C8H10N4O. The summed E-state index contributed by atoms with van der Waals surface area (Å²) in [6, 6.07) is 0. The molecule has 0 atom stereocenters. The Morgan fingerprint density at radius 2 is 2.38 bits per heavy atom. The topological polar surface area (TPSA) is 63.1 Å². The number of H-pyrrole nitrogens is 1. The summed E-state index contributed by atoms with van der Waals surface area (Å²) in [5, 5.41) is 2.71. The first kappa shape index (κ1) is 7.97. The highest BCUT2D eigenvalue weighted by Crippen LogP contribution is 2.00. The molecule has 0 aliphatic rings. The van der Waals surface area contributed by atoms with Crippen molar-refractivity contribution in [3.63, 3.8) is 0 Å². The largest absolute Gasteiger partial charge is 0.278 e. The van der Waals surface area contributed by atoms with E-state index in [1.165, 1.54) is 10.8 Å². The lowest BCUT2D eigenvalue weighted by Crippen LogP contribution is -2.20. The van der Waals surface area contributed by atoms with Crippen LogP contribution in [0, 0.1) is 6.92 Å². The van der Waals surface area contributed by atoms with E-state index in [9.17, 15) is 4.79 Å². The van der Waals surface area contributed by atoms with E-state index in [1.807, 2.05) is 6.92 Å². The summed E-state index contributed by atoms with van der Waals surface area (Å²) in [6.07, 6.45) is 2.22. The van der Waals surface area contributed by atoms with Crippen molar-refractivity contribution in [2.75, 3.05) is 0 Å². The van der Waals surface area contributed by atoms with Gasteiger partial charge in [-0.15, -0.1) is 0 Å². The van der Waals surface area contributed by atoms with Crippen molar-refractivity contribution < 1.29 is 0 Å². The molecule has 0 amide bonds. The van der Waals surface area contributed by atoms with Crippen molar-refractivity contribution >= 4 is 5.78 Å². The Balaban J connectivity index is 2.92. The lowest BCUT2D eigenvalue weighted by atomic mass is 10.2. The third-order valence-electron chi connectivity index (χ3n) is 2.09. The number of aromatic amines is 1. The molecule has 0 radical (unpaired) electrons. The molecule has 1 N–H and O–H groups in total. The molecular weight excluding hydrogens is 168 g/mol. The van der Waals surface area contributed by atoms with Crippen molar-refractivity contribution in [1.82, 2.24) is 19.6 Å². The van der Waals surface area contributed by atoms with Crippen molar-refractivity contribution in [2.45, 2.75) is 20.3 Å². The molecule has 5 nitrogen and oxygen atoms in total. The SMILES string of the molecule is CCc1nc2nc[nH]n2c(=O)c1C. The minimum absolute atomic E-state index is 0.0700. The predicted octanol–water partition coefficient (Wildman–Crippen LogP) is 0.288. The molecule has 0 aliphatic heterocycles. The fraction of sp³-hybridized carbons (Fsp3) is 0.375. The van der Waals surface area contributed by atoms with E-state index in [0.29, 0.717) is 11.3 Å². The molecule has 0 fully saturated rings. The van der Waals surface area contributed by atoms with Crippen LogP contribution in [0.25, 0.3) is 5.78 Å². The number of aromatic nitrogens is 4. The first-order valence-electron chi connectivity index (χ1n) is 4.15. The summed E-state index contributed by atoms with van der Waals surface area (Å²) in [6.45, 7) is 3.75. The fourth-order valence-electron chi connectivity index (χ4n) is 1.33. The predicted molar refractivity (Wildman–Crippen MR) is 47.7 cm³/mol. The summed E-state index contributed by atoms with van der Waals surface area (Å²) < 4.78 is 1.34. The number of nitrogens with one attached hydrogen (secondary N) is 1. The Labute approximate surface area is 74.4 Å². The van der Waals surface area contributed by atoms with Crippen LogP contribution in [0.5, 0.6) is 0 Å². The standard InChI is InChI=1S/C8H10N4O/c1-3-6-5(2)7(13)12-8(11-6)9-4-10-12/h4H,3H2,1-2H3,(H,9,10,11). The maximum Gasteiger partial charge on any atom is 0.277 e. The molecule has 0 saturated heterocycles. The lowest BCUT2D eigenvalue weighted by molar-refractivity contribution is 0.855. The van der Waals surface area contributed by atoms with Gasteiger partial charge in [-0.1, -0.05) is 6.92 Å². The summed E-state index contributed by atoms with van der Waals surface area (Å²) in [5.74, 6) is 0.437. The molecule has 2 heterocycles. The van der Waals surface area contributed by atoms with Gasteiger partial charge < -0.3 is 0 Å². The van der Waals surface area contributed by atoms with Gasteiger partial charge in [-0.05, 0) is 13.3 Å². The summed E-state index contributed by atoms with van der Waals surface area (Å²) in [7, 11) is 0. The van der Waals surface area contributed by atoms with Gasteiger partial charge in [0.25, 0.3) is 11.3 Å². The van der Waals surface area contributed by atoms with Crippen molar-refractivity contribution in [2.24, 2.45) is 0 Å². The summed E-state index contributed by atoms with van der Waals surface area (Å²) in [4.78, 5) is 19.8. The fourth-order valence-corrected chi connectivity index (χ4v) is 1.33. The molecule has 2 rings (SSSR count). The molecule has 2 aromatic rings. The molecule has 0 saturated carbocycles. The Morgan fingerprint density at radius 3 is 3.08 bits per heavy atom. The van der Waals surface area contributed by atoms with Crippen LogP contribution in [-0.2, 0) is 6.42 Å². The van der Waals surface area contributed by atoms with E-state index in [2.05, 4.69) is 15.1 Å². The number of nitrogens with zero attached hydrogens (tertiary/aromatic N) is 3. The van der Waals surface area contributed by atoms with Crippen LogP contribution in [0.2, 0.25) is 0 Å². The van der Waals surface area contributed by atoms with Gasteiger partial charge in [-0.3, -0.25) is 9.89 Å². The van der Waals surface area contributed by atoms with Crippen molar-refractivity contribution in [3.8, 4) is 0 Å². The number of hydrogen-bond acceptors (Lipinski definition) is 3. The molecule has 0 aliphatic carbocycles. The second-order valence-electron chi connectivity index (χ2n) is 2.86. The maximum atomic E-state index is 11.6. The highest BCUT2D eigenvalue weighted by molar-refractivity contribution is 5.30. The second kappa shape index (κ2) is 2.69. The van der Waals surface area contributed by atoms with Gasteiger partial charge in [0.2, 0.25) is 0 Å². The van der Waals surface area contributed by atoms with Crippen LogP contribution in [0.4, 0.5) is 0 Å². The van der Waals surface area contributed by atoms with Gasteiger partial charge in [0.1, 0.15) is 6.33 Å². The first-order valence-corrected chi connectivity index (χ1v) is 4.15. The monoisotopic (exact) mass is 178 g/mol. The average molecular weight is 178 g/mol. The van der Waals surface area contributed by atoms with Crippen molar-refractivity contribution in [1.29, 1.82) is 0 Å². The first-order chi connectivity index (χ1) is 6.24. The highest BCUT2D eigenvalue weighted by atomic mass is 16.1. The zero-order valence-electron chi connectivity index (χ0n) is 7.53. The van der Waals surface area contributed by atoms with Crippen LogP contribution >= 0.6 is 0 Å². The van der Waals surface area contributed by atoms with Crippen LogP contribution < -0.4 is 5.56 Å². The van der Waals surface area contributed by atoms with Gasteiger partial charge in [-0.25, -0.2) is 9.97 Å². The maximum absolute atomic E-state index is 11.6. The van der Waals surface area contributed by atoms with E-state index < -0.39 is 0 Å². The third-order valence-corrected chi connectivity index (χ3v) is 2.09. The highest BCUT2D eigenvalue weighted by Gasteiger charge is 2.07. The molecule has 0 spiro atoms.